The van der Waals surface area contributed by atoms with Crippen molar-refractivity contribution < 1.29 is 4.79 Å². The second-order valence-corrected chi connectivity index (χ2v) is 9.29. The van der Waals surface area contributed by atoms with Gasteiger partial charge in [-0.05, 0) is 51.1 Å². The standard InChI is InChI=1S/C22H23ClN6O2S/c1-2-24-22-26-12-14-18(30)17(20(31)25-7-10-28-8-3-4-9-28)21-29(19(14)27-22)15-11-13(23)5-6-16(15)32-21/h5-6,11-12H,2-4,7-10H2,1H3,(H,25,31)(H,24,26,27). The molecule has 1 amide bonds. The van der Waals surface area contributed by atoms with Gasteiger partial charge < -0.3 is 15.5 Å². The van der Waals surface area contributed by atoms with E-state index in [4.69, 9.17) is 11.6 Å². The van der Waals surface area contributed by atoms with Crippen molar-refractivity contribution in [2.45, 2.75) is 19.8 Å². The third kappa shape index (κ3) is 3.70. The Kier molecular flexibility index (Phi) is 5.71. The molecule has 1 fully saturated rings. The predicted molar refractivity (Wildman–Crippen MR) is 129 cm³/mol. The van der Waals surface area contributed by atoms with Crippen LogP contribution in [-0.4, -0.2) is 57.9 Å². The van der Waals surface area contributed by atoms with E-state index in [2.05, 4.69) is 25.5 Å². The number of hydrogen-bond acceptors (Lipinski definition) is 7. The van der Waals surface area contributed by atoms with Gasteiger partial charge in [0.25, 0.3) is 5.91 Å². The maximum absolute atomic E-state index is 13.4. The summed E-state index contributed by atoms with van der Waals surface area (Å²) < 4.78 is 2.76. The van der Waals surface area contributed by atoms with Crippen LogP contribution in [0.1, 0.15) is 30.1 Å². The molecule has 1 aliphatic rings. The van der Waals surface area contributed by atoms with Gasteiger partial charge in [0.05, 0.1) is 15.6 Å². The van der Waals surface area contributed by atoms with Crippen molar-refractivity contribution in [1.82, 2.24) is 24.6 Å². The zero-order valence-corrected chi connectivity index (χ0v) is 19.2. The number of carbonyl (C=O) groups excluding carboxylic acids is 1. The van der Waals surface area contributed by atoms with E-state index in [-0.39, 0.29) is 16.9 Å². The van der Waals surface area contributed by atoms with Gasteiger partial charge in [0.1, 0.15) is 10.4 Å². The van der Waals surface area contributed by atoms with Crippen LogP contribution >= 0.6 is 22.9 Å². The fourth-order valence-corrected chi connectivity index (χ4v) is 5.51. The highest BCUT2D eigenvalue weighted by molar-refractivity contribution is 7.24. The number of amides is 1. The zero-order valence-electron chi connectivity index (χ0n) is 17.7. The summed E-state index contributed by atoms with van der Waals surface area (Å²) in [5.41, 5.74) is 1.02. The number of halogens is 1. The van der Waals surface area contributed by atoms with Crippen LogP contribution in [0.2, 0.25) is 5.02 Å². The van der Waals surface area contributed by atoms with Crippen molar-refractivity contribution in [3.63, 3.8) is 0 Å². The van der Waals surface area contributed by atoms with E-state index in [9.17, 15) is 9.59 Å². The number of pyridine rings is 1. The van der Waals surface area contributed by atoms with Crippen molar-refractivity contribution in [3.8, 4) is 0 Å². The van der Waals surface area contributed by atoms with Gasteiger partial charge in [-0.3, -0.25) is 14.0 Å². The minimum Gasteiger partial charge on any atom is -0.354 e. The molecule has 8 nitrogen and oxygen atoms in total. The van der Waals surface area contributed by atoms with E-state index < -0.39 is 0 Å². The maximum atomic E-state index is 13.4. The topological polar surface area (TPSA) is 91.6 Å². The van der Waals surface area contributed by atoms with E-state index in [0.717, 1.165) is 29.9 Å². The Morgan fingerprint density at radius 2 is 2.09 bits per heavy atom. The Morgan fingerprint density at radius 1 is 1.28 bits per heavy atom. The van der Waals surface area contributed by atoms with Crippen molar-refractivity contribution in [2.75, 3.05) is 38.0 Å². The smallest absolute Gasteiger partial charge is 0.258 e. The largest absolute Gasteiger partial charge is 0.354 e. The summed E-state index contributed by atoms with van der Waals surface area (Å²) in [6.07, 6.45) is 3.88. The van der Waals surface area contributed by atoms with Crippen LogP contribution in [0.3, 0.4) is 0 Å². The first kappa shape index (κ1) is 21.1. The van der Waals surface area contributed by atoms with Gasteiger partial charge in [0.2, 0.25) is 11.4 Å². The zero-order chi connectivity index (χ0) is 22.2. The molecular weight excluding hydrogens is 448 g/mol. The second-order valence-electron chi connectivity index (χ2n) is 7.82. The Hall–Kier alpha value is -2.75. The second kappa shape index (κ2) is 8.65. The van der Waals surface area contributed by atoms with Crippen LogP contribution in [-0.2, 0) is 0 Å². The maximum Gasteiger partial charge on any atom is 0.258 e. The summed E-state index contributed by atoms with van der Waals surface area (Å²) in [5, 5.41) is 6.90. The summed E-state index contributed by atoms with van der Waals surface area (Å²) in [6, 6.07) is 5.52. The Bertz CT molecular complexity index is 1390. The fourth-order valence-electron chi connectivity index (χ4n) is 4.18. The number of carbonyl (C=O) groups is 1. The molecule has 166 valence electrons. The summed E-state index contributed by atoms with van der Waals surface area (Å²) in [6.45, 7) is 5.99. The van der Waals surface area contributed by atoms with Gasteiger partial charge in [-0.25, -0.2) is 4.98 Å². The average molecular weight is 471 g/mol. The molecular formula is C22H23ClN6O2S. The van der Waals surface area contributed by atoms with Crippen LogP contribution in [0.4, 0.5) is 5.95 Å². The van der Waals surface area contributed by atoms with E-state index in [1.165, 1.54) is 30.4 Å². The lowest BCUT2D eigenvalue weighted by atomic mass is 10.2. The molecule has 1 aliphatic heterocycles. The number of anilines is 1. The summed E-state index contributed by atoms with van der Waals surface area (Å²) in [4.78, 5) is 38.3. The molecule has 3 aromatic heterocycles. The van der Waals surface area contributed by atoms with Crippen molar-refractivity contribution in [1.29, 1.82) is 0 Å². The molecule has 0 atom stereocenters. The molecule has 0 spiro atoms. The highest BCUT2D eigenvalue weighted by atomic mass is 35.5. The summed E-state index contributed by atoms with van der Waals surface area (Å²) in [7, 11) is 0. The summed E-state index contributed by atoms with van der Waals surface area (Å²) in [5.74, 6) is 0.0550. The number of benzene rings is 1. The van der Waals surface area contributed by atoms with Gasteiger partial charge in [-0.15, -0.1) is 11.3 Å². The minimum absolute atomic E-state index is 0.121. The lowest BCUT2D eigenvalue weighted by Crippen LogP contribution is -2.35. The molecule has 1 saturated heterocycles. The van der Waals surface area contributed by atoms with Crippen LogP contribution in [0.15, 0.2) is 29.2 Å². The molecule has 10 heteroatoms. The molecule has 5 rings (SSSR count). The van der Waals surface area contributed by atoms with E-state index in [1.807, 2.05) is 23.5 Å². The van der Waals surface area contributed by atoms with Gasteiger partial charge in [-0.1, -0.05) is 11.6 Å². The first-order valence-electron chi connectivity index (χ1n) is 10.7. The van der Waals surface area contributed by atoms with E-state index >= 15 is 0 Å². The van der Waals surface area contributed by atoms with Crippen LogP contribution in [0.25, 0.3) is 26.1 Å². The minimum atomic E-state index is -0.373. The van der Waals surface area contributed by atoms with Crippen LogP contribution in [0, 0.1) is 0 Å². The van der Waals surface area contributed by atoms with Gasteiger partial charge in [-0.2, -0.15) is 4.98 Å². The van der Waals surface area contributed by atoms with Crippen LogP contribution in [0.5, 0.6) is 0 Å². The highest BCUT2D eigenvalue weighted by Crippen LogP contribution is 2.32. The van der Waals surface area contributed by atoms with Crippen molar-refractivity contribution in [3.05, 3.63) is 45.2 Å². The molecule has 4 heterocycles. The molecule has 0 aliphatic carbocycles. The number of nitrogens with one attached hydrogen (secondary N) is 2. The third-order valence-corrected chi connectivity index (χ3v) is 7.09. The number of nitrogens with zero attached hydrogens (tertiary/aromatic N) is 4. The summed E-state index contributed by atoms with van der Waals surface area (Å²) >= 11 is 7.66. The Labute approximate surface area is 193 Å². The normalized spacial score (nSPS) is 14.6. The lowest BCUT2D eigenvalue weighted by molar-refractivity contribution is 0.0950. The number of rotatable bonds is 6. The highest BCUT2D eigenvalue weighted by Gasteiger charge is 2.23. The van der Waals surface area contributed by atoms with E-state index in [1.54, 1.807) is 6.07 Å². The van der Waals surface area contributed by atoms with Gasteiger partial charge in [0.15, 0.2) is 5.65 Å². The van der Waals surface area contributed by atoms with Gasteiger partial charge >= 0.3 is 0 Å². The molecule has 0 unspecified atom stereocenters. The number of fused-ring (bicyclic) bond motifs is 5. The molecule has 2 N–H and O–H groups in total. The van der Waals surface area contributed by atoms with Crippen molar-refractivity contribution >= 4 is 60.9 Å². The Morgan fingerprint density at radius 3 is 2.88 bits per heavy atom. The molecule has 0 bridgehead atoms. The third-order valence-electron chi connectivity index (χ3n) is 5.71. The monoisotopic (exact) mass is 470 g/mol. The quantitative estimate of drug-likeness (QED) is 0.449. The molecule has 0 radical (unpaired) electrons. The first-order chi connectivity index (χ1) is 15.6. The molecule has 1 aromatic carbocycles. The van der Waals surface area contributed by atoms with Crippen LogP contribution < -0.4 is 16.1 Å². The fraction of sp³-hybridized carbons (Fsp3) is 0.364. The Balaban J connectivity index is 1.67. The first-order valence-corrected chi connectivity index (χ1v) is 11.9. The SMILES string of the molecule is CCNc1ncc2c(=O)c(C(=O)NCCN3CCCC3)c3sc4ccc(Cl)cc4n3c2n1. The number of aromatic nitrogens is 3. The lowest BCUT2D eigenvalue weighted by Gasteiger charge is -2.15. The molecule has 0 saturated carbocycles. The van der Waals surface area contributed by atoms with Crippen molar-refractivity contribution in [2.24, 2.45) is 0 Å². The molecule has 4 aromatic rings. The number of thiazole rings is 1. The molecule has 32 heavy (non-hydrogen) atoms. The number of likely N-dealkylation sites (tertiary alicyclic amines) is 1. The number of hydrogen-bond donors (Lipinski definition) is 2. The average Bonchev–Trinajstić information content (AvgIpc) is 3.42. The van der Waals surface area contributed by atoms with Gasteiger partial charge in [0, 0.05) is 30.9 Å². The van der Waals surface area contributed by atoms with E-state index in [0.29, 0.717) is 39.9 Å². The predicted octanol–water partition coefficient (Wildman–Crippen LogP) is 3.37.